The van der Waals surface area contributed by atoms with E-state index in [0.29, 0.717) is 0 Å². The number of hydrogen-bond acceptors (Lipinski definition) is 3. The molecule has 5 heteroatoms. The maximum absolute atomic E-state index is 11.6. The van der Waals surface area contributed by atoms with Gasteiger partial charge in [-0.25, -0.2) is 0 Å². The van der Waals surface area contributed by atoms with Crippen LogP contribution in [0.15, 0.2) is 48.8 Å². The second-order valence-corrected chi connectivity index (χ2v) is 3.70. The standard InChI is InChI=1S/C13H15N3O2/c1-18-12-6-4-11(5-7-12)15-13(17)10-14-16-8-2-3-9-16/h2-9,14H,10H2,1H3,(H,15,17). The van der Waals surface area contributed by atoms with Crippen LogP contribution in [-0.2, 0) is 4.79 Å². The van der Waals surface area contributed by atoms with Gasteiger partial charge in [0.2, 0.25) is 5.91 Å². The number of carbonyl (C=O) groups is 1. The monoisotopic (exact) mass is 245 g/mol. The molecule has 0 spiro atoms. The first kappa shape index (κ1) is 12.0. The minimum atomic E-state index is -0.103. The summed E-state index contributed by atoms with van der Waals surface area (Å²) in [7, 11) is 1.61. The average Bonchev–Trinajstić information content (AvgIpc) is 2.90. The summed E-state index contributed by atoms with van der Waals surface area (Å²) < 4.78 is 6.77. The number of nitrogens with zero attached hydrogens (tertiary/aromatic N) is 1. The number of rotatable bonds is 5. The molecule has 0 unspecified atom stereocenters. The zero-order chi connectivity index (χ0) is 12.8. The summed E-state index contributed by atoms with van der Waals surface area (Å²) in [6, 6.07) is 11.0. The normalized spacial score (nSPS) is 9.83. The predicted molar refractivity (Wildman–Crippen MR) is 70.3 cm³/mol. The fraction of sp³-hybridized carbons (Fsp3) is 0.154. The van der Waals surface area contributed by atoms with Crippen LogP contribution in [0.4, 0.5) is 5.69 Å². The van der Waals surface area contributed by atoms with Crippen molar-refractivity contribution in [2.75, 3.05) is 24.4 Å². The minimum absolute atomic E-state index is 0.103. The number of hydrogen-bond donors (Lipinski definition) is 2. The molecule has 2 N–H and O–H groups in total. The Morgan fingerprint density at radius 1 is 1.22 bits per heavy atom. The Labute approximate surface area is 105 Å². The topological polar surface area (TPSA) is 55.3 Å². The molecule has 2 aromatic rings. The van der Waals surface area contributed by atoms with Gasteiger partial charge in [-0.1, -0.05) is 0 Å². The summed E-state index contributed by atoms with van der Waals surface area (Å²) in [5.74, 6) is 0.660. The Balaban J connectivity index is 1.83. The predicted octanol–water partition coefficient (Wildman–Crippen LogP) is 1.68. The van der Waals surface area contributed by atoms with Crippen LogP contribution in [0.2, 0.25) is 0 Å². The molecule has 1 aromatic heterocycles. The molecule has 2 rings (SSSR count). The Morgan fingerprint density at radius 2 is 1.89 bits per heavy atom. The second kappa shape index (κ2) is 5.77. The lowest BCUT2D eigenvalue weighted by Crippen LogP contribution is -2.26. The molecule has 0 saturated carbocycles. The lowest BCUT2D eigenvalue weighted by molar-refractivity contribution is -0.114. The molecule has 0 radical (unpaired) electrons. The van der Waals surface area contributed by atoms with Gasteiger partial charge < -0.3 is 15.5 Å². The van der Waals surface area contributed by atoms with Crippen molar-refractivity contribution in [1.29, 1.82) is 0 Å². The number of amides is 1. The van der Waals surface area contributed by atoms with Crippen LogP contribution < -0.4 is 15.5 Å². The van der Waals surface area contributed by atoms with Crippen LogP contribution in [-0.4, -0.2) is 24.2 Å². The molecule has 0 saturated heterocycles. The summed E-state index contributed by atoms with van der Waals surface area (Å²) in [5, 5.41) is 2.79. The van der Waals surface area contributed by atoms with E-state index in [2.05, 4.69) is 10.7 Å². The van der Waals surface area contributed by atoms with Gasteiger partial charge in [-0.05, 0) is 36.4 Å². The first-order valence-electron chi connectivity index (χ1n) is 5.58. The molecular weight excluding hydrogens is 230 g/mol. The van der Waals surface area contributed by atoms with E-state index >= 15 is 0 Å². The van der Waals surface area contributed by atoms with E-state index < -0.39 is 0 Å². The number of nitrogens with one attached hydrogen (secondary N) is 2. The zero-order valence-corrected chi connectivity index (χ0v) is 10.1. The number of aromatic nitrogens is 1. The van der Waals surface area contributed by atoms with Crippen LogP contribution in [0.3, 0.4) is 0 Å². The molecule has 94 valence electrons. The van der Waals surface area contributed by atoms with Crippen molar-refractivity contribution in [3.63, 3.8) is 0 Å². The van der Waals surface area contributed by atoms with E-state index in [4.69, 9.17) is 4.74 Å². The molecule has 1 amide bonds. The molecular formula is C13H15N3O2. The average molecular weight is 245 g/mol. The van der Waals surface area contributed by atoms with Gasteiger partial charge >= 0.3 is 0 Å². The third-order valence-electron chi connectivity index (χ3n) is 2.40. The van der Waals surface area contributed by atoms with Crippen LogP contribution in [0.5, 0.6) is 5.75 Å². The maximum atomic E-state index is 11.6. The summed E-state index contributed by atoms with van der Waals surface area (Å²) in [6.45, 7) is 0.209. The molecule has 1 aromatic carbocycles. The Kier molecular flexibility index (Phi) is 3.86. The molecule has 5 nitrogen and oxygen atoms in total. The number of ether oxygens (including phenoxy) is 1. The summed E-state index contributed by atoms with van der Waals surface area (Å²) in [6.07, 6.45) is 3.67. The number of carbonyl (C=O) groups excluding carboxylic acids is 1. The molecule has 0 aliphatic carbocycles. The van der Waals surface area contributed by atoms with Crippen molar-refractivity contribution in [3.8, 4) is 5.75 Å². The molecule has 1 heterocycles. The highest BCUT2D eigenvalue weighted by atomic mass is 16.5. The minimum Gasteiger partial charge on any atom is -0.497 e. The molecule has 0 aliphatic heterocycles. The Hall–Kier alpha value is -2.43. The number of methoxy groups -OCH3 is 1. The van der Waals surface area contributed by atoms with E-state index in [1.807, 2.05) is 24.5 Å². The van der Waals surface area contributed by atoms with Gasteiger partial charge in [0, 0.05) is 18.1 Å². The van der Waals surface area contributed by atoms with Gasteiger partial charge in [0.1, 0.15) is 12.3 Å². The van der Waals surface area contributed by atoms with Gasteiger partial charge in [0.15, 0.2) is 0 Å². The largest absolute Gasteiger partial charge is 0.497 e. The highest BCUT2D eigenvalue weighted by molar-refractivity contribution is 5.92. The molecule has 0 aliphatic rings. The van der Waals surface area contributed by atoms with Crippen molar-refractivity contribution >= 4 is 11.6 Å². The van der Waals surface area contributed by atoms with E-state index in [-0.39, 0.29) is 12.5 Å². The van der Waals surface area contributed by atoms with Crippen molar-refractivity contribution in [2.24, 2.45) is 0 Å². The van der Waals surface area contributed by atoms with Gasteiger partial charge in [-0.3, -0.25) is 9.47 Å². The van der Waals surface area contributed by atoms with Crippen molar-refractivity contribution in [2.45, 2.75) is 0 Å². The highest BCUT2D eigenvalue weighted by Crippen LogP contribution is 2.14. The van der Waals surface area contributed by atoms with Gasteiger partial charge in [0.05, 0.1) is 7.11 Å². The highest BCUT2D eigenvalue weighted by Gasteiger charge is 2.01. The van der Waals surface area contributed by atoms with Crippen LogP contribution in [0.1, 0.15) is 0 Å². The first-order valence-corrected chi connectivity index (χ1v) is 5.58. The van der Waals surface area contributed by atoms with Crippen molar-refractivity contribution < 1.29 is 9.53 Å². The van der Waals surface area contributed by atoms with Crippen LogP contribution >= 0.6 is 0 Å². The van der Waals surface area contributed by atoms with Crippen molar-refractivity contribution in [3.05, 3.63) is 48.8 Å². The van der Waals surface area contributed by atoms with Gasteiger partial charge in [-0.15, -0.1) is 0 Å². The maximum Gasteiger partial charge on any atom is 0.245 e. The van der Waals surface area contributed by atoms with Crippen LogP contribution in [0.25, 0.3) is 0 Å². The van der Waals surface area contributed by atoms with Crippen molar-refractivity contribution in [1.82, 2.24) is 4.68 Å². The quantitative estimate of drug-likeness (QED) is 0.842. The third kappa shape index (κ3) is 3.28. The first-order chi connectivity index (χ1) is 8.78. The van der Waals surface area contributed by atoms with E-state index in [1.165, 1.54) is 0 Å². The van der Waals surface area contributed by atoms with E-state index in [0.717, 1.165) is 11.4 Å². The molecule has 0 bridgehead atoms. The molecule has 0 fully saturated rings. The Morgan fingerprint density at radius 3 is 2.50 bits per heavy atom. The SMILES string of the molecule is COc1ccc(NC(=O)CNn2cccc2)cc1. The lowest BCUT2D eigenvalue weighted by atomic mass is 10.3. The third-order valence-corrected chi connectivity index (χ3v) is 2.40. The Bertz CT molecular complexity index is 491. The van der Waals surface area contributed by atoms with Gasteiger partial charge in [0.25, 0.3) is 0 Å². The fourth-order valence-corrected chi connectivity index (χ4v) is 1.48. The fourth-order valence-electron chi connectivity index (χ4n) is 1.48. The lowest BCUT2D eigenvalue weighted by Gasteiger charge is -2.08. The van der Waals surface area contributed by atoms with Gasteiger partial charge in [-0.2, -0.15) is 0 Å². The van der Waals surface area contributed by atoms with Crippen LogP contribution in [0, 0.1) is 0 Å². The number of anilines is 1. The summed E-state index contributed by atoms with van der Waals surface area (Å²) >= 11 is 0. The molecule has 0 atom stereocenters. The second-order valence-electron chi connectivity index (χ2n) is 3.70. The van der Waals surface area contributed by atoms with E-state index in [9.17, 15) is 4.79 Å². The summed E-state index contributed by atoms with van der Waals surface area (Å²) in [4.78, 5) is 11.6. The smallest absolute Gasteiger partial charge is 0.245 e. The zero-order valence-electron chi connectivity index (χ0n) is 10.1. The number of benzene rings is 1. The molecule has 18 heavy (non-hydrogen) atoms. The van der Waals surface area contributed by atoms with E-state index in [1.54, 1.807) is 36.1 Å². The summed E-state index contributed by atoms with van der Waals surface area (Å²) in [5.41, 5.74) is 3.69.